The zero-order valence-electron chi connectivity index (χ0n) is 16.1. The third-order valence-corrected chi connectivity index (χ3v) is 4.79. The molecule has 0 radical (unpaired) electrons. The van der Waals surface area contributed by atoms with Crippen molar-refractivity contribution in [2.45, 2.75) is 27.7 Å². The highest BCUT2D eigenvalue weighted by Crippen LogP contribution is 2.39. The Bertz CT molecular complexity index is 1170. The maximum atomic E-state index is 14.8. The first-order valence-corrected chi connectivity index (χ1v) is 8.92. The van der Waals surface area contributed by atoms with Gasteiger partial charge in [0.1, 0.15) is 11.3 Å². The van der Waals surface area contributed by atoms with Gasteiger partial charge in [0, 0.05) is 25.0 Å². The lowest BCUT2D eigenvalue weighted by Gasteiger charge is -2.20. The van der Waals surface area contributed by atoms with E-state index < -0.39 is 22.8 Å². The summed E-state index contributed by atoms with van der Waals surface area (Å²) < 4.78 is 21.6. The average Bonchev–Trinajstić information content (AvgIpc) is 2.64. The number of carbonyl (C=O) groups is 1. The fourth-order valence-corrected chi connectivity index (χ4v) is 2.91. The summed E-state index contributed by atoms with van der Waals surface area (Å²) in [6, 6.07) is 2.72. The van der Waals surface area contributed by atoms with Gasteiger partial charge < -0.3 is 4.74 Å². The molecule has 0 aliphatic rings. The average molecular weight is 404 g/mol. The van der Waals surface area contributed by atoms with Gasteiger partial charge in [0.2, 0.25) is 0 Å². The highest BCUT2D eigenvalue weighted by molar-refractivity contribution is 6.34. The number of hydrogen-bond donors (Lipinski definition) is 0. The van der Waals surface area contributed by atoms with Gasteiger partial charge in [-0.2, -0.15) is 0 Å². The summed E-state index contributed by atoms with van der Waals surface area (Å²) in [5.41, 5.74) is -0.817. The van der Waals surface area contributed by atoms with Gasteiger partial charge >= 0.3 is 5.97 Å². The maximum absolute atomic E-state index is 14.8. The molecule has 0 spiro atoms. The number of aryl methyl sites for hydroxylation is 2. The maximum Gasteiger partial charge on any atom is 0.316 e. The summed E-state index contributed by atoms with van der Waals surface area (Å²) in [5.74, 6) is -1.46. The number of pyridine rings is 1. The van der Waals surface area contributed by atoms with E-state index in [1.807, 2.05) is 0 Å². The molecular weight excluding hydrogens is 385 g/mol. The van der Waals surface area contributed by atoms with Crippen LogP contribution < -0.4 is 10.3 Å². The molecule has 28 heavy (non-hydrogen) atoms. The van der Waals surface area contributed by atoms with E-state index in [2.05, 4.69) is 9.97 Å². The molecule has 8 heteroatoms. The van der Waals surface area contributed by atoms with Gasteiger partial charge in [-0.05, 0) is 39.3 Å². The highest BCUT2D eigenvalue weighted by Gasteiger charge is 2.30. The molecular formula is C20H19ClFN3O3. The predicted molar refractivity (Wildman–Crippen MR) is 105 cm³/mol. The van der Waals surface area contributed by atoms with Crippen molar-refractivity contribution in [1.82, 2.24) is 14.5 Å². The van der Waals surface area contributed by atoms with Gasteiger partial charge in [-0.25, -0.2) is 14.4 Å². The molecule has 3 rings (SSSR count). The third-order valence-electron chi connectivity index (χ3n) is 4.30. The first kappa shape index (κ1) is 19.9. The number of carbonyl (C=O) groups excluding carboxylic acids is 1. The van der Waals surface area contributed by atoms with Gasteiger partial charge in [0.15, 0.2) is 11.4 Å². The van der Waals surface area contributed by atoms with E-state index in [9.17, 15) is 14.0 Å². The Hall–Kier alpha value is -2.80. The van der Waals surface area contributed by atoms with E-state index in [1.165, 1.54) is 36.1 Å². The number of aromatic nitrogens is 3. The van der Waals surface area contributed by atoms with E-state index in [1.54, 1.807) is 27.7 Å². The number of nitrogens with zero attached hydrogens (tertiary/aromatic N) is 3. The Kier molecular flexibility index (Phi) is 4.97. The molecule has 2 heterocycles. The zero-order chi connectivity index (χ0) is 20.8. The topological polar surface area (TPSA) is 74.1 Å². The van der Waals surface area contributed by atoms with Crippen LogP contribution in [0.3, 0.4) is 0 Å². The minimum Gasteiger partial charge on any atom is -0.423 e. The summed E-state index contributed by atoms with van der Waals surface area (Å²) in [5, 5.41) is 0.0633. The molecule has 0 aliphatic carbocycles. The number of ether oxygens (including phenoxy) is 1. The molecule has 0 saturated carbocycles. The van der Waals surface area contributed by atoms with Crippen molar-refractivity contribution in [3.05, 3.63) is 51.3 Å². The molecule has 0 amide bonds. The number of hydrogen-bond acceptors (Lipinski definition) is 5. The fraction of sp³-hybridized carbons (Fsp3) is 0.300. The van der Waals surface area contributed by atoms with Crippen LogP contribution in [0.15, 0.2) is 29.3 Å². The lowest BCUT2D eigenvalue weighted by atomic mass is 9.97. The van der Waals surface area contributed by atoms with Crippen LogP contribution in [0.2, 0.25) is 5.02 Å². The minimum absolute atomic E-state index is 0.0633. The Balaban J connectivity index is 2.48. The molecule has 146 valence electrons. The molecule has 0 atom stereocenters. The van der Waals surface area contributed by atoms with Crippen LogP contribution in [0.4, 0.5) is 4.39 Å². The molecule has 0 fully saturated rings. The van der Waals surface area contributed by atoms with Gasteiger partial charge in [-0.3, -0.25) is 14.2 Å². The molecule has 0 saturated heterocycles. The minimum atomic E-state index is -0.859. The summed E-state index contributed by atoms with van der Waals surface area (Å²) in [6.07, 6.45) is 2.82. The van der Waals surface area contributed by atoms with Gasteiger partial charge in [0.05, 0.1) is 16.0 Å². The van der Waals surface area contributed by atoms with E-state index in [4.69, 9.17) is 16.3 Å². The third kappa shape index (κ3) is 3.26. The first-order chi connectivity index (χ1) is 13.0. The lowest BCUT2D eigenvalue weighted by Crippen LogP contribution is -2.28. The monoisotopic (exact) mass is 403 g/mol. The van der Waals surface area contributed by atoms with Crippen LogP contribution in [-0.4, -0.2) is 20.5 Å². The number of benzene rings is 1. The van der Waals surface area contributed by atoms with Gasteiger partial charge in [0.25, 0.3) is 5.56 Å². The summed E-state index contributed by atoms with van der Waals surface area (Å²) in [6.45, 7) is 6.70. The SMILES string of the molecule is Cc1ccc(F)c(-c2c(OC(=O)C(C)(C)C)c3nccnc3n(C)c2=O)c1Cl. The molecule has 0 bridgehead atoms. The normalized spacial score (nSPS) is 11.7. The van der Waals surface area contributed by atoms with E-state index in [0.717, 1.165) is 0 Å². The van der Waals surface area contributed by atoms with Crippen LogP contribution in [0, 0.1) is 18.2 Å². The molecule has 2 aromatic heterocycles. The van der Waals surface area contributed by atoms with Gasteiger partial charge in [-0.15, -0.1) is 0 Å². The predicted octanol–water partition coefficient (Wildman–Crippen LogP) is 4.05. The van der Waals surface area contributed by atoms with Crippen molar-refractivity contribution in [3.63, 3.8) is 0 Å². The van der Waals surface area contributed by atoms with Crippen LogP contribution in [-0.2, 0) is 11.8 Å². The smallest absolute Gasteiger partial charge is 0.316 e. The van der Waals surface area contributed by atoms with Crippen LogP contribution in [0.25, 0.3) is 22.3 Å². The van der Waals surface area contributed by atoms with E-state index in [0.29, 0.717) is 5.56 Å². The van der Waals surface area contributed by atoms with Crippen molar-refractivity contribution in [2.75, 3.05) is 0 Å². The van der Waals surface area contributed by atoms with Crippen LogP contribution >= 0.6 is 11.6 Å². The fourth-order valence-electron chi connectivity index (χ4n) is 2.67. The van der Waals surface area contributed by atoms with E-state index in [-0.39, 0.29) is 33.1 Å². The number of esters is 1. The summed E-state index contributed by atoms with van der Waals surface area (Å²) in [4.78, 5) is 34.1. The van der Waals surface area contributed by atoms with Crippen LogP contribution in [0.5, 0.6) is 5.75 Å². The largest absolute Gasteiger partial charge is 0.423 e. The Morgan fingerprint density at radius 3 is 2.46 bits per heavy atom. The Labute approximate surface area is 165 Å². The van der Waals surface area contributed by atoms with Crippen molar-refractivity contribution < 1.29 is 13.9 Å². The van der Waals surface area contributed by atoms with Crippen LogP contribution in [0.1, 0.15) is 26.3 Å². The van der Waals surface area contributed by atoms with Crippen molar-refractivity contribution in [2.24, 2.45) is 12.5 Å². The van der Waals surface area contributed by atoms with Gasteiger partial charge in [-0.1, -0.05) is 17.7 Å². The second-order valence-corrected chi connectivity index (χ2v) is 7.87. The number of halogens is 2. The quantitative estimate of drug-likeness (QED) is 0.603. The van der Waals surface area contributed by atoms with Crippen molar-refractivity contribution in [1.29, 1.82) is 0 Å². The number of fused-ring (bicyclic) bond motifs is 1. The second-order valence-electron chi connectivity index (χ2n) is 7.49. The molecule has 6 nitrogen and oxygen atoms in total. The van der Waals surface area contributed by atoms with E-state index >= 15 is 0 Å². The summed E-state index contributed by atoms with van der Waals surface area (Å²) in [7, 11) is 1.49. The molecule has 1 aromatic carbocycles. The number of rotatable bonds is 2. The standard InChI is InChI=1S/C20H19ClFN3O3/c1-10-6-7-11(22)12(14(10)21)13-16(28-19(27)20(2,3)4)15-17(24-9-8-23-15)25(5)18(13)26/h6-9H,1-5H3. The molecule has 0 N–H and O–H groups in total. The Morgan fingerprint density at radius 1 is 1.18 bits per heavy atom. The molecule has 0 unspecified atom stereocenters. The summed E-state index contributed by atoms with van der Waals surface area (Å²) >= 11 is 6.34. The second kappa shape index (κ2) is 6.98. The lowest BCUT2D eigenvalue weighted by molar-refractivity contribution is -0.142. The van der Waals surface area contributed by atoms with Crippen molar-refractivity contribution >= 4 is 28.7 Å². The highest BCUT2D eigenvalue weighted by atomic mass is 35.5. The Morgan fingerprint density at radius 2 is 1.82 bits per heavy atom. The zero-order valence-corrected chi connectivity index (χ0v) is 16.9. The van der Waals surface area contributed by atoms with Crippen molar-refractivity contribution in [3.8, 4) is 16.9 Å². The molecule has 0 aliphatic heterocycles. The molecule has 3 aromatic rings. The first-order valence-electron chi connectivity index (χ1n) is 8.55.